The average Bonchev–Trinajstić information content (AvgIpc) is 2.19. The third kappa shape index (κ3) is 5.52. The lowest BCUT2D eigenvalue weighted by atomic mass is 10.1. The van der Waals surface area contributed by atoms with Crippen LogP contribution in [0.15, 0.2) is 24.3 Å². The van der Waals surface area contributed by atoms with Crippen LogP contribution >= 0.6 is 22.6 Å². The van der Waals surface area contributed by atoms with Gasteiger partial charge in [0.25, 0.3) is 0 Å². The Hall–Kier alpha value is -0.0900. The summed E-state index contributed by atoms with van der Waals surface area (Å²) < 4.78 is 1.31. The van der Waals surface area contributed by atoms with Crippen LogP contribution in [0.3, 0.4) is 0 Å². The first-order valence-corrected chi connectivity index (χ1v) is 6.59. The second-order valence-corrected chi connectivity index (χ2v) is 5.79. The van der Waals surface area contributed by atoms with E-state index in [-0.39, 0.29) is 0 Å². The molecule has 0 fully saturated rings. The fourth-order valence-corrected chi connectivity index (χ4v) is 1.82. The van der Waals surface area contributed by atoms with Crippen LogP contribution in [0, 0.1) is 9.49 Å². The van der Waals surface area contributed by atoms with E-state index in [1.165, 1.54) is 22.1 Å². The van der Waals surface area contributed by atoms with Crippen molar-refractivity contribution < 1.29 is 0 Å². The van der Waals surface area contributed by atoms with Gasteiger partial charge in [0.15, 0.2) is 0 Å². The van der Waals surface area contributed by atoms with Gasteiger partial charge in [-0.15, -0.1) is 0 Å². The van der Waals surface area contributed by atoms with Gasteiger partial charge in [-0.1, -0.05) is 26.0 Å². The van der Waals surface area contributed by atoms with Gasteiger partial charge in [0.05, 0.1) is 0 Å². The minimum Gasteiger partial charge on any atom is -0.302 e. The number of hydrogen-bond acceptors (Lipinski definition) is 1. The largest absolute Gasteiger partial charge is 0.302 e. The minimum atomic E-state index is 0.796. The van der Waals surface area contributed by atoms with Gasteiger partial charge in [-0.25, -0.2) is 0 Å². The van der Waals surface area contributed by atoms with Crippen LogP contribution in [-0.2, 0) is 6.54 Å². The lowest BCUT2D eigenvalue weighted by molar-refractivity contribution is 0.303. The topological polar surface area (TPSA) is 3.24 Å². The number of rotatable bonds is 5. The summed E-state index contributed by atoms with van der Waals surface area (Å²) in [6.07, 6.45) is 1.28. The SMILES string of the molecule is CC(C)CCN(C)Cc1ccc(I)cc1. The molecule has 0 heterocycles. The predicted octanol–water partition coefficient (Wildman–Crippen LogP) is 3.77. The van der Waals surface area contributed by atoms with Crippen molar-refractivity contribution in [1.29, 1.82) is 0 Å². The van der Waals surface area contributed by atoms with E-state index in [4.69, 9.17) is 0 Å². The summed E-state index contributed by atoms with van der Waals surface area (Å²) in [5.41, 5.74) is 1.40. The van der Waals surface area contributed by atoms with Gasteiger partial charge in [0.2, 0.25) is 0 Å². The van der Waals surface area contributed by atoms with E-state index in [0.29, 0.717) is 0 Å². The standard InChI is InChI=1S/C13H20IN/c1-11(2)8-9-15(3)10-12-4-6-13(14)7-5-12/h4-7,11H,8-10H2,1-3H3. The first kappa shape index (κ1) is 13.0. The highest BCUT2D eigenvalue weighted by atomic mass is 127. The first-order valence-electron chi connectivity index (χ1n) is 5.51. The summed E-state index contributed by atoms with van der Waals surface area (Å²) in [6, 6.07) is 8.78. The van der Waals surface area contributed by atoms with Crippen molar-refractivity contribution in [3.05, 3.63) is 33.4 Å². The van der Waals surface area contributed by atoms with E-state index < -0.39 is 0 Å². The van der Waals surface area contributed by atoms with Crippen molar-refractivity contribution >= 4 is 22.6 Å². The van der Waals surface area contributed by atoms with Crippen LogP contribution in [-0.4, -0.2) is 18.5 Å². The molecule has 1 nitrogen and oxygen atoms in total. The Morgan fingerprint density at radius 2 is 1.80 bits per heavy atom. The molecule has 1 rings (SSSR count). The van der Waals surface area contributed by atoms with Crippen molar-refractivity contribution in [2.75, 3.05) is 13.6 Å². The molecule has 0 aliphatic rings. The smallest absolute Gasteiger partial charge is 0.0230 e. The molecule has 0 spiro atoms. The molecule has 0 N–H and O–H groups in total. The molecule has 0 saturated carbocycles. The fraction of sp³-hybridized carbons (Fsp3) is 0.538. The van der Waals surface area contributed by atoms with Crippen molar-refractivity contribution in [2.45, 2.75) is 26.8 Å². The maximum Gasteiger partial charge on any atom is 0.0230 e. The van der Waals surface area contributed by atoms with Crippen LogP contribution < -0.4 is 0 Å². The molecular formula is C13H20IN. The van der Waals surface area contributed by atoms with E-state index in [2.05, 4.69) is 72.7 Å². The molecule has 0 atom stereocenters. The maximum atomic E-state index is 2.39. The van der Waals surface area contributed by atoms with Gasteiger partial charge in [-0.2, -0.15) is 0 Å². The molecule has 15 heavy (non-hydrogen) atoms. The summed E-state index contributed by atoms with van der Waals surface area (Å²) >= 11 is 2.34. The highest BCUT2D eigenvalue weighted by molar-refractivity contribution is 14.1. The van der Waals surface area contributed by atoms with Crippen LogP contribution in [0.2, 0.25) is 0 Å². The normalized spacial score (nSPS) is 11.3. The zero-order valence-electron chi connectivity index (χ0n) is 9.83. The number of benzene rings is 1. The molecule has 0 unspecified atom stereocenters. The Labute approximate surface area is 107 Å². The molecule has 0 aliphatic carbocycles. The van der Waals surface area contributed by atoms with Crippen molar-refractivity contribution in [1.82, 2.24) is 4.90 Å². The van der Waals surface area contributed by atoms with Crippen molar-refractivity contribution in [3.8, 4) is 0 Å². The van der Waals surface area contributed by atoms with Crippen LogP contribution in [0.25, 0.3) is 0 Å². The molecule has 0 amide bonds. The molecule has 0 radical (unpaired) electrons. The summed E-state index contributed by atoms with van der Waals surface area (Å²) in [6.45, 7) is 6.80. The van der Waals surface area contributed by atoms with Crippen LogP contribution in [0.1, 0.15) is 25.8 Å². The van der Waals surface area contributed by atoms with Gasteiger partial charge in [-0.3, -0.25) is 0 Å². The number of hydrogen-bond donors (Lipinski definition) is 0. The Morgan fingerprint density at radius 3 is 2.33 bits per heavy atom. The zero-order chi connectivity index (χ0) is 11.3. The Bertz CT molecular complexity index is 279. The van der Waals surface area contributed by atoms with Gasteiger partial charge in [0.1, 0.15) is 0 Å². The Balaban J connectivity index is 2.37. The van der Waals surface area contributed by atoms with Gasteiger partial charge in [0, 0.05) is 10.1 Å². The maximum absolute atomic E-state index is 2.39. The van der Waals surface area contributed by atoms with Crippen molar-refractivity contribution in [3.63, 3.8) is 0 Å². The molecule has 0 aliphatic heterocycles. The molecule has 0 aromatic heterocycles. The van der Waals surface area contributed by atoms with Gasteiger partial charge < -0.3 is 4.90 Å². The quantitative estimate of drug-likeness (QED) is 0.747. The summed E-state index contributed by atoms with van der Waals surface area (Å²) in [4.78, 5) is 2.39. The van der Waals surface area contributed by atoms with E-state index in [1.54, 1.807) is 0 Å². The van der Waals surface area contributed by atoms with Gasteiger partial charge >= 0.3 is 0 Å². The predicted molar refractivity (Wildman–Crippen MR) is 74.9 cm³/mol. The minimum absolute atomic E-state index is 0.796. The second-order valence-electron chi connectivity index (χ2n) is 4.55. The third-order valence-corrected chi connectivity index (χ3v) is 3.17. The highest BCUT2D eigenvalue weighted by Gasteiger charge is 2.01. The van der Waals surface area contributed by atoms with E-state index in [0.717, 1.165) is 12.5 Å². The average molecular weight is 317 g/mol. The Kier molecular flexibility index (Phi) is 5.61. The molecular weight excluding hydrogens is 297 g/mol. The zero-order valence-corrected chi connectivity index (χ0v) is 12.0. The molecule has 0 bridgehead atoms. The molecule has 2 heteroatoms. The van der Waals surface area contributed by atoms with E-state index in [9.17, 15) is 0 Å². The second kappa shape index (κ2) is 6.48. The van der Waals surface area contributed by atoms with Gasteiger partial charge in [-0.05, 0) is 66.2 Å². The van der Waals surface area contributed by atoms with E-state index >= 15 is 0 Å². The summed E-state index contributed by atoms with van der Waals surface area (Å²) in [5.74, 6) is 0.796. The summed E-state index contributed by atoms with van der Waals surface area (Å²) in [7, 11) is 2.19. The first-order chi connectivity index (χ1) is 7.08. The summed E-state index contributed by atoms with van der Waals surface area (Å²) in [5, 5.41) is 0. The monoisotopic (exact) mass is 317 g/mol. The third-order valence-electron chi connectivity index (χ3n) is 2.45. The number of nitrogens with zero attached hydrogens (tertiary/aromatic N) is 1. The lowest BCUT2D eigenvalue weighted by Crippen LogP contribution is -2.20. The highest BCUT2D eigenvalue weighted by Crippen LogP contribution is 2.09. The molecule has 1 aromatic carbocycles. The fourth-order valence-electron chi connectivity index (χ4n) is 1.46. The van der Waals surface area contributed by atoms with E-state index in [1.807, 2.05) is 0 Å². The molecule has 84 valence electrons. The van der Waals surface area contributed by atoms with Crippen LogP contribution in [0.4, 0.5) is 0 Å². The lowest BCUT2D eigenvalue weighted by Gasteiger charge is -2.17. The Morgan fingerprint density at radius 1 is 1.20 bits per heavy atom. The van der Waals surface area contributed by atoms with Crippen molar-refractivity contribution in [2.24, 2.45) is 5.92 Å². The van der Waals surface area contributed by atoms with Crippen LogP contribution in [0.5, 0.6) is 0 Å². The molecule has 0 saturated heterocycles. The molecule has 1 aromatic rings. The number of halogens is 1.